The van der Waals surface area contributed by atoms with Gasteiger partial charge in [0.15, 0.2) is 0 Å². The van der Waals surface area contributed by atoms with Gasteiger partial charge in [0.1, 0.15) is 17.7 Å². The molecule has 2 unspecified atom stereocenters. The summed E-state index contributed by atoms with van der Waals surface area (Å²) < 4.78 is 18.0. The zero-order chi connectivity index (χ0) is 43.9. The van der Waals surface area contributed by atoms with Crippen molar-refractivity contribution in [1.82, 2.24) is 4.90 Å². The molecule has 352 valence electrons. The molecule has 0 aromatic heterocycles. The summed E-state index contributed by atoms with van der Waals surface area (Å²) in [5, 5.41) is 0. The van der Waals surface area contributed by atoms with Crippen LogP contribution in [0.4, 0.5) is 0 Å². The minimum Gasteiger partial charge on any atom is -0.462 e. The van der Waals surface area contributed by atoms with E-state index in [1.54, 1.807) is 6.92 Å². The second kappa shape index (κ2) is 34.1. The van der Waals surface area contributed by atoms with Gasteiger partial charge in [-0.3, -0.25) is 19.3 Å². The smallest absolute Gasteiger partial charge is 0.306 e. The molecule has 2 fully saturated rings. The zero-order valence-corrected chi connectivity index (χ0v) is 40.8. The molecule has 0 aromatic carbocycles. The van der Waals surface area contributed by atoms with E-state index in [-0.39, 0.29) is 29.2 Å². The van der Waals surface area contributed by atoms with Gasteiger partial charge in [-0.05, 0) is 108 Å². The summed E-state index contributed by atoms with van der Waals surface area (Å²) in [4.78, 5) is 40.9. The van der Waals surface area contributed by atoms with Crippen molar-refractivity contribution >= 4 is 17.5 Å². The lowest BCUT2D eigenvalue weighted by atomic mass is 9.81. The van der Waals surface area contributed by atoms with E-state index in [2.05, 4.69) is 46.4 Å². The third kappa shape index (κ3) is 25.1. The van der Waals surface area contributed by atoms with Crippen molar-refractivity contribution in [2.75, 3.05) is 39.5 Å². The number of esters is 1. The molecule has 7 heteroatoms. The lowest BCUT2D eigenvalue weighted by Crippen LogP contribution is -2.34. The first-order valence-corrected chi connectivity index (χ1v) is 26.1. The molecule has 60 heavy (non-hydrogen) atoms. The minimum atomic E-state index is -0.215. The number of ether oxygens (including phenoxy) is 3. The Kier molecular flexibility index (Phi) is 31.2. The van der Waals surface area contributed by atoms with E-state index in [0.29, 0.717) is 42.4 Å². The fourth-order valence-corrected chi connectivity index (χ4v) is 9.66. The van der Waals surface area contributed by atoms with Gasteiger partial charge >= 0.3 is 5.97 Å². The standard InChI is InChI=1S/C53H99NO6/c1-8-10-12-14-17-23-29-50(30-24-18-15-13-11-9-2)60-52(57)31-25-19-16-22-28-38-59-43-49-41-48(42-54(49)37-27-21-20-26-36-53(6,7)46(5)55)45(4)51(56)33-32-44(3)47-34-39-58-40-35-47/h44-45,47-50H,8-43H2,1-7H3/t44?,45?,48-,49-/m0/s1. The summed E-state index contributed by atoms with van der Waals surface area (Å²) >= 11 is 0. The molecule has 4 atom stereocenters. The highest BCUT2D eigenvalue weighted by Crippen LogP contribution is 2.33. The van der Waals surface area contributed by atoms with Gasteiger partial charge in [-0.2, -0.15) is 0 Å². The SMILES string of the molecule is CCCCCCCCC(CCCCCCCC)OC(=O)CCCCCCCOC[C@@H]1C[C@H](C(C)C(=O)CCC(C)C2CCOCC2)CN1CCCCCCC(C)(C)C(C)=O. The van der Waals surface area contributed by atoms with Crippen LogP contribution >= 0.6 is 0 Å². The summed E-state index contributed by atoms with van der Waals surface area (Å²) in [5.41, 5.74) is -0.215. The molecule has 2 aliphatic heterocycles. The maximum atomic E-state index is 13.5. The molecular formula is C53H99NO6. The maximum absolute atomic E-state index is 13.5. The number of Topliss-reactive ketones (excluding diaryl/α,β-unsaturated/α-hetero) is 2. The van der Waals surface area contributed by atoms with Crippen molar-refractivity contribution in [3.8, 4) is 0 Å². The normalized spacial score (nSPS) is 18.9. The van der Waals surface area contributed by atoms with E-state index < -0.39 is 0 Å². The molecule has 0 amide bonds. The number of unbranched alkanes of at least 4 members (excludes halogenated alkanes) is 17. The summed E-state index contributed by atoms with van der Waals surface area (Å²) in [6.45, 7) is 20.2. The largest absolute Gasteiger partial charge is 0.462 e. The molecule has 2 rings (SSSR count). The van der Waals surface area contributed by atoms with Crippen LogP contribution in [0, 0.1) is 29.1 Å². The number of carbonyl (C=O) groups excluding carboxylic acids is 3. The number of nitrogens with zero attached hydrogens (tertiary/aromatic N) is 1. The van der Waals surface area contributed by atoms with E-state index in [0.717, 1.165) is 136 Å². The fraction of sp³-hybridized carbons (Fsp3) is 0.943. The van der Waals surface area contributed by atoms with Crippen LogP contribution in [0.1, 0.15) is 241 Å². The number of ketones is 2. The van der Waals surface area contributed by atoms with Gasteiger partial charge in [0.25, 0.3) is 0 Å². The molecule has 0 aromatic rings. The van der Waals surface area contributed by atoms with Crippen LogP contribution in [0.5, 0.6) is 0 Å². The lowest BCUT2D eigenvalue weighted by Gasteiger charge is -2.28. The van der Waals surface area contributed by atoms with E-state index in [9.17, 15) is 14.4 Å². The molecule has 7 nitrogen and oxygen atoms in total. The van der Waals surface area contributed by atoms with Crippen molar-refractivity contribution in [3.63, 3.8) is 0 Å². The first-order chi connectivity index (χ1) is 29.0. The molecule has 0 N–H and O–H groups in total. The van der Waals surface area contributed by atoms with Gasteiger partial charge < -0.3 is 14.2 Å². The van der Waals surface area contributed by atoms with Gasteiger partial charge in [0.2, 0.25) is 0 Å². The molecule has 2 heterocycles. The van der Waals surface area contributed by atoms with Crippen LogP contribution in [0.3, 0.4) is 0 Å². The minimum absolute atomic E-state index is 0.0113. The molecule has 0 aliphatic carbocycles. The van der Waals surface area contributed by atoms with Crippen molar-refractivity contribution < 1.29 is 28.6 Å². The van der Waals surface area contributed by atoms with Gasteiger partial charge in [-0.15, -0.1) is 0 Å². The Labute approximate surface area is 371 Å². The highest BCUT2D eigenvalue weighted by molar-refractivity contribution is 5.81. The Morgan fingerprint density at radius 2 is 1.25 bits per heavy atom. The molecular weight excluding hydrogens is 747 g/mol. The van der Waals surface area contributed by atoms with Crippen LogP contribution in [-0.4, -0.2) is 74.1 Å². The van der Waals surface area contributed by atoms with E-state index in [1.165, 1.54) is 83.5 Å². The fourth-order valence-electron chi connectivity index (χ4n) is 9.66. The number of hydrogen-bond acceptors (Lipinski definition) is 7. The van der Waals surface area contributed by atoms with Gasteiger partial charge in [0, 0.05) is 56.6 Å². The summed E-state index contributed by atoms with van der Waals surface area (Å²) in [5.74, 6) is 2.51. The van der Waals surface area contributed by atoms with Crippen molar-refractivity contribution in [3.05, 3.63) is 0 Å². The first-order valence-electron chi connectivity index (χ1n) is 26.1. The zero-order valence-electron chi connectivity index (χ0n) is 40.8. The van der Waals surface area contributed by atoms with Gasteiger partial charge in [0.05, 0.1) is 6.61 Å². The second-order valence-electron chi connectivity index (χ2n) is 20.3. The average molecular weight is 846 g/mol. The quantitative estimate of drug-likeness (QED) is 0.0450. The highest BCUT2D eigenvalue weighted by Gasteiger charge is 2.37. The summed E-state index contributed by atoms with van der Waals surface area (Å²) in [6, 6.07) is 0.375. The highest BCUT2D eigenvalue weighted by atomic mass is 16.5. The third-order valence-corrected chi connectivity index (χ3v) is 14.7. The molecule has 2 aliphatic rings. The van der Waals surface area contributed by atoms with E-state index >= 15 is 0 Å². The van der Waals surface area contributed by atoms with Crippen molar-refractivity contribution in [2.24, 2.45) is 29.1 Å². The second-order valence-corrected chi connectivity index (χ2v) is 20.3. The first kappa shape index (κ1) is 54.8. The predicted molar refractivity (Wildman–Crippen MR) is 252 cm³/mol. The van der Waals surface area contributed by atoms with Crippen LogP contribution in [0.25, 0.3) is 0 Å². The Bertz CT molecular complexity index is 1070. The van der Waals surface area contributed by atoms with Gasteiger partial charge in [-0.1, -0.05) is 144 Å². The number of likely N-dealkylation sites (tertiary alicyclic amines) is 1. The average Bonchev–Trinajstić information content (AvgIpc) is 3.65. The third-order valence-electron chi connectivity index (χ3n) is 14.7. The van der Waals surface area contributed by atoms with Crippen molar-refractivity contribution in [1.29, 1.82) is 0 Å². The molecule has 0 bridgehead atoms. The van der Waals surface area contributed by atoms with Crippen LogP contribution in [0.2, 0.25) is 0 Å². The molecule has 0 spiro atoms. The van der Waals surface area contributed by atoms with Crippen LogP contribution in [-0.2, 0) is 28.6 Å². The predicted octanol–water partition coefficient (Wildman–Crippen LogP) is 14.1. The summed E-state index contributed by atoms with van der Waals surface area (Å²) in [7, 11) is 0. The Balaban J connectivity index is 1.72. The van der Waals surface area contributed by atoms with E-state index in [1.807, 2.05) is 0 Å². The maximum Gasteiger partial charge on any atom is 0.306 e. The molecule has 2 saturated heterocycles. The Morgan fingerprint density at radius 1 is 0.683 bits per heavy atom. The molecule has 0 saturated carbocycles. The van der Waals surface area contributed by atoms with Gasteiger partial charge in [-0.25, -0.2) is 0 Å². The number of rotatable bonds is 39. The van der Waals surface area contributed by atoms with E-state index in [4.69, 9.17) is 14.2 Å². The lowest BCUT2D eigenvalue weighted by molar-refractivity contribution is -0.150. The Morgan fingerprint density at radius 3 is 1.88 bits per heavy atom. The monoisotopic (exact) mass is 846 g/mol. The number of carbonyl (C=O) groups is 3. The topological polar surface area (TPSA) is 82.1 Å². The molecule has 0 radical (unpaired) electrons. The number of hydrogen-bond donors (Lipinski definition) is 0. The van der Waals surface area contributed by atoms with Crippen molar-refractivity contribution in [2.45, 2.75) is 253 Å². The summed E-state index contributed by atoms with van der Waals surface area (Å²) in [6.07, 6.45) is 33.9. The van der Waals surface area contributed by atoms with Crippen LogP contribution in [0.15, 0.2) is 0 Å². The Hall–Kier alpha value is -1.31. The van der Waals surface area contributed by atoms with Crippen LogP contribution < -0.4 is 0 Å².